The zero-order valence-electron chi connectivity index (χ0n) is 27.6. The lowest BCUT2D eigenvalue weighted by Crippen LogP contribution is -2.34. The van der Waals surface area contributed by atoms with Gasteiger partial charge in [0.1, 0.15) is 67.3 Å². The molecule has 0 bridgehead atoms. The van der Waals surface area contributed by atoms with Gasteiger partial charge < -0.3 is 59.9 Å². The van der Waals surface area contributed by atoms with Gasteiger partial charge in [-0.2, -0.15) is 0 Å². The molecule has 3 aliphatic rings. The summed E-state index contributed by atoms with van der Waals surface area (Å²) in [4.78, 5) is 53.5. The van der Waals surface area contributed by atoms with Gasteiger partial charge in [0.25, 0.3) is 0 Å². The average Bonchev–Trinajstić information content (AvgIpc) is 3.72. The van der Waals surface area contributed by atoms with E-state index in [2.05, 4.69) is 0 Å². The Kier molecular flexibility index (Phi) is 26.7. The highest BCUT2D eigenvalue weighted by molar-refractivity contribution is 6.11. The Bertz CT molecular complexity index is 927. The summed E-state index contributed by atoms with van der Waals surface area (Å²) in [6.07, 6.45) is -1.06. The molecule has 0 amide bonds. The summed E-state index contributed by atoms with van der Waals surface area (Å²) < 4.78 is 35.4. The first-order valence-corrected chi connectivity index (χ1v) is 15.5. The van der Waals surface area contributed by atoms with Crippen LogP contribution in [0.2, 0.25) is 0 Å². The fraction of sp³-hybridized carbons (Fsp3) is 0.828. The molecule has 6 radical (unpaired) electrons. The third-order valence-corrected chi connectivity index (χ3v) is 6.49. The molecule has 3 saturated heterocycles. The van der Waals surface area contributed by atoms with Crippen LogP contribution in [0.25, 0.3) is 0 Å². The maximum absolute atomic E-state index is 11.2. The van der Waals surface area contributed by atoms with Gasteiger partial charge in [0.05, 0.1) is 25.8 Å². The molecule has 3 aliphatic heterocycles. The lowest BCUT2D eigenvalue weighted by Gasteiger charge is -2.18. The van der Waals surface area contributed by atoms with Crippen LogP contribution in [0.3, 0.4) is 0 Å². The molecule has 0 unspecified atom stereocenters. The highest BCUT2D eigenvalue weighted by atomic mass is 16.6. The first-order chi connectivity index (χ1) is 22.6. The Hall–Kier alpha value is -2.74. The lowest BCUT2D eigenvalue weighted by molar-refractivity contribution is -0.157. The van der Waals surface area contributed by atoms with Crippen LogP contribution in [-0.2, 0) is 57.1 Å². The Morgan fingerprint density at radius 3 is 1.39 bits per heavy atom. The van der Waals surface area contributed by atoms with Crippen molar-refractivity contribution in [1.29, 1.82) is 0 Å². The molecule has 0 aromatic carbocycles. The van der Waals surface area contributed by atoms with Gasteiger partial charge in [-0.1, -0.05) is 28.2 Å². The number of nitrogens with two attached hydrogens (primary N) is 2. The summed E-state index contributed by atoms with van der Waals surface area (Å²) in [5.74, 6) is -2.47. The lowest BCUT2D eigenvalue weighted by atomic mass is 9.96. The predicted octanol–water partition coefficient (Wildman–Crippen LogP) is -2.07. The molecule has 3 rings (SSSR count). The number of aliphatic carboxylic acids is 1. The minimum atomic E-state index is -0.745. The number of aliphatic hydroxyl groups is 2. The molecule has 20 heteroatoms. The summed E-state index contributed by atoms with van der Waals surface area (Å²) >= 11 is 0. The number of carbonyl (C=O) groups excluding carboxylic acids is 4. The zero-order chi connectivity index (χ0) is 36.8. The van der Waals surface area contributed by atoms with E-state index >= 15 is 0 Å². The average molecular weight is 700 g/mol. The van der Waals surface area contributed by atoms with E-state index in [-0.39, 0.29) is 58.7 Å². The number of ether oxygens (including phenoxy) is 7. The van der Waals surface area contributed by atoms with E-state index in [1.807, 2.05) is 0 Å². The zero-order valence-corrected chi connectivity index (χ0v) is 27.6. The molecule has 0 aromatic rings. The van der Waals surface area contributed by atoms with E-state index in [9.17, 15) is 24.0 Å². The molecule has 276 valence electrons. The van der Waals surface area contributed by atoms with E-state index in [1.165, 1.54) is 0 Å². The van der Waals surface area contributed by atoms with Gasteiger partial charge >= 0.3 is 29.8 Å². The van der Waals surface area contributed by atoms with E-state index in [4.69, 9.17) is 83.5 Å². The number of aliphatic hydroxyl groups excluding tert-OH is 2. The second kappa shape index (κ2) is 27.0. The van der Waals surface area contributed by atoms with Gasteiger partial charge in [0.2, 0.25) is 0 Å². The predicted molar refractivity (Wildman–Crippen MR) is 175 cm³/mol. The molecule has 17 nitrogen and oxygen atoms in total. The maximum Gasteiger partial charge on any atom is 0.320 e. The number of esters is 4. The van der Waals surface area contributed by atoms with Gasteiger partial charge in [0.15, 0.2) is 0 Å². The monoisotopic (exact) mass is 700 g/mol. The number of carboxylic acids is 1. The molecule has 9 atom stereocenters. The largest absolute Gasteiger partial charge is 0.481 e. The number of carboxylic acid groups (broad SMARTS) is 1. The quantitative estimate of drug-likeness (QED) is 0.0832. The Morgan fingerprint density at radius 1 is 0.673 bits per heavy atom. The number of hydrogen-bond donors (Lipinski definition) is 5. The van der Waals surface area contributed by atoms with Crippen molar-refractivity contribution in [2.75, 3.05) is 32.9 Å². The summed E-state index contributed by atoms with van der Waals surface area (Å²) in [7, 11) is 16.5. The van der Waals surface area contributed by atoms with E-state index in [1.54, 1.807) is 20.8 Å². The Morgan fingerprint density at radius 2 is 1.06 bits per heavy atom. The Labute approximate surface area is 291 Å². The summed E-state index contributed by atoms with van der Waals surface area (Å²) in [6.45, 7) is 4.45. The van der Waals surface area contributed by atoms with Crippen LogP contribution in [0.1, 0.15) is 66.7 Å². The first-order valence-electron chi connectivity index (χ1n) is 15.5. The number of carbonyl (C=O) groups is 5. The topological polar surface area (TPSA) is 263 Å². The molecule has 3 heterocycles. The van der Waals surface area contributed by atoms with Crippen molar-refractivity contribution >= 4 is 53.4 Å². The second-order valence-electron chi connectivity index (χ2n) is 10.4. The molecule has 7 N–H and O–H groups in total. The van der Waals surface area contributed by atoms with Gasteiger partial charge in [-0.3, -0.25) is 24.0 Å². The van der Waals surface area contributed by atoms with Crippen LogP contribution in [0.15, 0.2) is 0 Å². The van der Waals surface area contributed by atoms with Crippen LogP contribution in [0.4, 0.5) is 0 Å². The van der Waals surface area contributed by atoms with Crippen molar-refractivity contribution in [2.24, 2.45) is 11.5 Å². The van der Waals surface area contributed by atoms with Gasteiger partial charge in [-0.05, 0) is 6.42 Å². The third kappa shape index (κ3) is 21.2. The summed E-state index contributed by atoms with van der Waals surface area (Å²) in [5.41, 5.74) is 10.2. The van der Waals surface area contributed by atoms with Gasteiger partial charge in [-0.25, -0.2) is 0 Å². The molecule has 0 aromatic heterocycles. The number of hydrogen-bond acceptors (Lipinski definition) is 16. The van der Waals surface area contributed by atoms with E-state index < -0.39 is 72.5 Å². The van der Waals surface area contributed by atoms with Crippen molar-refractivity contribution in [3.63, 3.8) is 0 Å². The first kappa shape index (κ1) is 48.4. The summed E-state index contributed by atoms with van der Waals surface area (Å²) in [6, 6.07) is -1.43. The highest BCUT2D eigenvalue weighted by Gasteiger charge is 2.37. The molecule has 3 fully saturated rings. The smallest absolute Gasteiger partial charge is 0.320 e. The van der Waals surface area contributed by atoms with Crippen molar-refractivity contribution in [1.82, 2.24) is 0 Å². The van der Waals surface area contributed by atoms with Crippen LogP contribution in [-0.4, -0.2) is 156 Å². The molecule has 0 saturated carbocycles. The second-order valence-corrected chi connectivity index (χ2v) is 10.4. The SMILES string of the molecule is C.CCC(=O)O.[B][C@@H]1C[C@H](O)[C@H](CO)O1.[B][C@@H]1C[C@H](OC(=O)CC)[C@H](COC(=O)CC)O1.[B][C@@H]1C[C@H](OC(=O)CN)[C@H](COC(=O)CN)O1. The molecule has 0 spiro atoms. The van der Waals surface area contributed by atoms with Crippen molar-refractivity contribution in [3.8, 4) is 0 Å². The molecule has 49 heavy (non-hydrogen) atoms. The molecular formula is C29H51B3N2O15. The standard InChI is InChI=1S/C11H17BO5.C9H15BN2O5.C5H9BO3.C3H6O2.CH4/c1-3-10(13)15-6-8-7(5-9(12)16-8)17-11(14)4-2;10-7-1-5(17-9(14)3-12)6(16-7)4-15-8(13)2-11;6-5-1-3(8)4(2-7)9-5;1-2-3(4)5;/h7-9H,3-6H2,1-2H3;5-7H,1-4,11-12H2;3-5,7-8H,1-2H2;2H2,1H3,(H,4,5);1H4/t7-,8-,9-;5-,6-,7-;3-,4-,5-;;/m000../s1. The van der Waals surface area contributed by atoms with E-state index in [0.717, 1.165) is 0 Å². The fourth-order valence-corrected chi connectivity index (χ4v) is 3.94. The normalized spacial score (nSPS) is 28.0. The fourth-order valence-electron chi connectivity index (χ4n) is 3.94. The third-order valence-electron chi connectivity index (χ3n) is 6.49. The van der Waals surface area contributed by atoms with Gasteiger partial charge in [-0.15, -0.1) is 0 Å². The van der Waals surface area contributed by atoms with Crippen LogP contribution >= 0.6 is 0 Å². The van der Waals surface area contributed by atoms with Crippen molar-refractivity contribution < 1.29 is 72.5 Å². The molecule has 0 aliphatic carbocycles. The van der Waals surface area contributed by atoms with Crippen LogP contribution < -0.4 is 11.5 Å². The number of rotatable bonds is 12. The van der Waals surface area contributed by atoms with Crippen LogP contribution in [0.5, 0.6) is 0 Å². The van der Waals surface area contributed by atoms with E-state index in [0.29, 0.717) is 32.1 Å². The highest BCUT2D eigenvalue weighted by Crippen LogP contribution is 2.23. The molecular weight excluding hydrogens is 649 g/mol. The minimum absolute atomic E-state index is 0. The summed E-state index contributed by atoms with van der Waals surface area (Å²) in [5, 5.41) is 25.2. The Balaban J connectivity index is 0. The van der Waals surface area contributed by atoms with Crippen molar-refractivity contribution in [2.45, 2.75) is 121 Å². The van der Waals surface area contributed by atoms with Crippen LogP contribution in [0, 0.1) is 0 Å². The maximum atomic E-state index is 11.2. The van der Waals surface area contributed by atoms with Crippen molar-refractivity contribution in [3.05, 3.63) is 0 Å². The van der Waals surface area contributed by atoms with Gasteiger partial charge in [0, 0.05) is 50.1 Å². The minimum Gasteiger partial charge on any atom is -0.481 e.